The van der Waals surface area contributed by atoms with E-state index in [1.807, 2.05) is 26.0 Å². The van der Waals surface area contributed by atoms with Crippen molar-refractivity contribution in [3.05, 3.63) is 89.3 Å². The van der Waals surface area contributed by atoms with Crippen molar-refractivity contribution in [1.29, 1.82) is 0 Å². The third-order valence-electron chi connectivity index (χ3n) is 7.74. The monoisotopic (exact) mass is 686 g/mol. The number of aromatic hydroxyl groups is 2. The van der Waals surface area contributed by atoms with Gasteiger partial charge in [0.1, 0.15) is 11.5 Å². The molecule has 1 heterocycles. The van der Waals surface area contributed by atoms with E-state index in [2.05, 4.69) is 45.7 Å². The number of carboxylic acid groups (broad SMARTS) is 1. The summed E-state index contributed by atoms with van der Waals surface area (Å²) in [6.07, 6.45) is 5.26. The summed E-state index contributed by atoms with van der Waals surface area (Å²) < 4.78 is 7.66. The third-order valence-corrected chi connectivity index (χ3v) is 8.95. The first kappa shape index (κ1) is 31.1. The Morgan fingerprint density at radius 1 is 0.805 bits per heavy atom. The number of aromatic carboxylic acids is 1. The van der Waals surface area contributed by atoms with E-state index in [-0.39, 0.29) is 22.6 Å². The Morgan fingerprint density at radius 3 is 1.68 bits per heavy atom. The van der Waals surface area contributed by atoms with Crippen LogP contribution in [0.25, 0.3) is 0 Å². The van der Waals surface area contributed by atoms with Gasteiger partial charge in [0.15, 0.2) is 5.60 Å². The minimum absolute atomic E-state index is 0.000360. The number of esters is 1. The van der Waals surface area contributed by atoms with Crippen molar-refractivity contribution in [2.45, 2.75) is 84.7 Å². The molecule has 0 atom stereocenters. The number of hydrogen-bond donors (Lipinski definition) is 3. The highest BCUT2D eigenvalue weighted by molar-refractivity contribution is 9.10. The van der Waals surface area contributed by atoms with Crippen LogP contribution in [0.1, 0.15) is 113 Å². The van der Waals surface area contributed by atoms with Crippen LogP contribution in [0, 0.1) is 0 Å². The van der Waals surface area contributed by atoms with Crippen LogP contribution in [-0.2, 0) is 36.0 Å². The lowest BCUT2D eigenvalue weighted by atomic mass is 9.70. The lowest BCUT2D eigenvalue weighted by Gasteiger charge is -2.38. The van der Waals surface area contributed by atoms with Crippen LogP contribution in [0.2, 0.25) is 0 Å². The lowest BCUT2D eigenvalue weighted by molar-refractivity contribution is 0.0237. The molecule has 0 bridgehead atoms. The van der Waals surface area contributed by atoms with Crippen LogP contribution in [0.5, 0.6) is 11.5 Å². The summed E-state index contributed by atoms with van der Waals surface area (Å²) in [5.74, 6) is -1.83. The largest absolute Gasteiger partial charge is 0.506 e. The Labute approximate surface area is 258 Å². The summed E-state index contributed by atoms with van der Waals surface area (Å²) in [7, 11) is 0. The zero-order valence-corrected chi connectivity index (χ0v) is 27.0. The van der Waals surface area contributed by atoms with Crippen LogP contribution < -0.4 is 0 Å². The zero-order valence-electron chi connectivity index (χ0n) is 23.9. The molecule has 0 fully saturated rings. The first-order chi connectivity index (χ1) is 19.6. The van der Waals surface area contributed by atoms with Crippen LogP contribution in [0.3, 0.4) is 0 Å². The predicted octanol–water partition coefficient (Wildman–Crippen LogP) is 8.59. The number of ether oxygens (including phenoxy) is 1. The Balaban J connectivity index is 2.36. The molecule has 0 aliphatic carbocycles. The minimum Gasteiger partial charge on any atom is -0.506 e. The Kier molecular flexibility index (Phi) is 9.54. The van der Waals surface area contributed by atoms with Crippen molar-refractivity contribution in [3.8, 4) is 11.5 Å². The molecule has 0 saturated heterocycles. The topological polar surface area (TPSA) is 104 Å². The van der Waals surface area contributed by atoms with Crippen molar-refractivity contribution >= 4 is 43.8 Å². The molecule has 218 valence electrons. The molecule has 0 radical (unpaired) electrons. The summed E-state index contributed by atoms with van der Waals surface area (Å²) in [6.45, 7) is 8.16. The Morgan fingerprint density at radius 2 is 1.27 bits per heavy atom. The minimum atomic E-state index is -1.59. The number of hydrogen-bond acceptors (Lipinski definition) is 5. The summed E-state index contributed by atoms with van der Waals surface area (Å²) in [5.41, 5.74) is 3.02. The number of aryl methyl sites for hydroxylation is 2. The standard InChI is InChI=1S/C33H36Br2O6/c1-5-10-18-16-24(34)29(36)21(12-7-3)27(18)33(23-15-9-14-20(31(38)39)26(23)32(40)41-33)28-19(11-6-2)17-25(35)30(37)22(28)13-8-4/h9,14-17,36-37H,5-8,10-13H2,1-4H3,(H,38,39). The Hall–Kier alpha value is -2.84. The maximum absolute atomic E-state index is 13.9. The highest BCUT2D eigenvalue weighted by Gasteiger charge is 2.54. The van der Waals surface area contributed by atoms with E-state index in [0.29, 0.717) is 75.3 Å². The van der Waals surface area contributed by atoms with Gasteiger partial charge in [-0.2, -0.15) is 0 Å². The van der Waals surface area contributed by atoms with Gasteiger partial charge in [0.25, 0.3) is 0 Å². The number of cyclic esters (lactones) is 1. The first-order valence-corrected chi connectivity index (χ1v) is 15.8. The fourth-order valence-electron chi connectivity index (χ4n) is 6.28. The number of benzene rings is 3. The molecule has 6 nitrogen and oxygen atoms in total. The van der Waals surface area contributed by atoms with E-state index in [1.165, 1.54) is 6.07 Å². The van der Waals surface area contributed by atoms with Gasteiger partial charge in [-0.25, -0.2) is 9.59 Å². The SMILES string of the molecule is CCCc1cc(Br)c(O)c(CCC)c1C1(c2c(CCC)cc(Br)c(O)c2CCC)OC(=O)c2c(C(=O)O)cccc21. The van der Waals surface area contributed by atoms with Crippen molar-refractivity contribution in [3.63, 3.8) is 0 Å². The van der Waals surface area contributed by atoms with E-state index in [9.17, 15) is 24.9 Å². The summed E-state index contributed by atoms with van der Waals surface area (Å²) in [5, 5.41) is 33.1. The van der Waals surface area contributed by atoms with Gasteiger partial charge in [0, 0.05) is 27.8 Å². The number of carbonyl (C=O) groups is 2. The van der Waals surface area contributed by atoms with E-state index < -0.39 is 17.5 Å². The number of fused-ring (bicyclic) bond motifs is 1. The predicted molar refractivity (Wildman–Crippen MR) is 166 cm³/mol. The van der Waals surface area contributed by atoms with Gasteiger partial charge < -0.3 is 20.1 Å². The molecule has 41 heavy (non-hydrogen) atoms. The van der Waals surface area contributed by atoms with E-state index in [4.69, 9.17) is 4.74 Å². The number of phenols is 2. The Bertz CT molecular complexity index is 1440. The summed E-state index contributed by atoms with van der Waals surface area (Å²) >= 11 is 7.09. The van der Waals surface area contributed by atoms with Gasteiger partial charge in [0.05, 0.1) is 20.1 Å². The average Bonchev–Trinajstić information content (AvgIpc) is 3.23. The van der Waals surface area contributed by atoms with Gasteiger partial charge in [-0.15, -0.1) is 0 Å². The molecule has 3 aromatic carbocycles. The molecule has 1 aliphatic rings. The molecular formula is C33H36Br2O6. The average molecular weight is 688 g/mol. The lowest BCUT2D eigenvalue weighted by Crippen LogP contribution is -2.35. The van der Waals surface area contributed by atoms with Gasteiger partial charge >= 0.3 is 11.9 Å². The molecule has 3 N–H and O–H groups in total. The highest BCUT2D eigenvalue weighted by Crippen LogP contribution is 2.56. The number of rotatable bonds is 11. The fourth-order valence-corrected chi connectivity index (χ4v) is 7.31. The molecule has 0 unspecified atom stereocenters. The van der Waals surface area contributed by atoms with Crippen LogP contribution >= 0.6 is 31.9 Å². The zero-order chi connectivity index (χ0) is 30.1. The maximum Gasteiger partial charge on any atom is 0.341 e. The van der Waals surface area contributed by atoms with E-state index in [0.717, 1.165) is 24.0 Å². The summed E-state index contributed by atoms with van der Waals surface area (Å²) in [4.78, 5) is 26.3. The molecule has 0 saturated carbocycles. The second kappa shape index (κ2) is 12.6. The number of carboxylic acids is 1. The molecule has 4 rings (SSSR count). The second-order valence-electron chi connectivity index (χ2n) is 10.5. The quantitative estimate of drug-likeness (QED) is 0.175. The van der Waals surface area contributed by atoms with Crippen molar-refractivity contribution in [1.82, 2.24) is 0 Å². The van der Waals surface area contributed by atoms with Crippen LogP contribution in [0.15, 0.2) is 39.3 Å². The first-order valence-electron chi connectivity index (χ1n) is 14.3. The molecule has 0 aromatic heterocycles. The second-order valence-corrected chi connectivity index (χ2v) is 12.3. The summed E-state index contributed by atoms with van der Waals surface area (Å²) in [6, 6.07) is 8.55. The molecule has 0 amide bonds. The molecule has 8 heteroatoms. The van der Waals surface area contributed by atoms with Crippen molar-refractivity contribution < 1.29 is 29.6 Å². The normalized spacial score (nSPS) is 13.8. The smallest absolute Gasteiger partial charge is 0.341 e. The molecule has 1 aliphatic heterocycles. The van der Waals surface area contributed by atoms with E-state index >= 15 is 0 Å². The highest BCUT2D eigenvalue weighted by atomic mass is 79.9. The maximum atomic E-state index is 13.9. The van der Waals surface area contributed by atoms with E-state index in [1.54, 1.807) is 12.1 Å². The van der Waals surface area contributed by atoms with Crippen molar-refractivity contribution in [2.75, 3.05) is 0 Å². The number of phenolic OH excluding ortho intramolecular Hbond substituents is 2. The van der Waals surface area contributed by atoms with Gasteiger partial charge in [-0.1, -0.05) is 65.5 Å². The van der Waals surface area contributed by atoms with Crippen molar-refractivity contribution in [2.24, 2.45) is 0 Å². The number of carbonyl (C=O) groups excluding carboxylic acids is 1. The van der Waals surface area contributed by atoms with Gasteiger partial charge in [-0.3, -0.25) is 0 Å². The van der Waals surface area contributed by atoms with Gasteiger partial charge in [0.2, 0.25) is 0 Å². The molecule has 0 spiro atoms. The molecular weight excluding hydrogens is 652 g/mol. The van der Waals surface area contributed by atoms with Crippen LogP contribution in [-0.4, -0.2) is 27.3 Å². The fraction of sp³-hybridized carbons (Fsp3) is 0.394. The van der Waals surface area contributed by atoms with Crippen LogP contribution in [0.4, 0.5) is 0 Å². The third kappa shape index (κ3) is 5.18. The van der Waals surface area contributed by atoms with Gasteiger partial charge in [-0.05, 0) is 86.9 Å². The molecule has 3 aromatic rings. The number of halogens is 2.